The molecule has 0 atom stereocenters. The molecule has 3 heteroatoms. The van der Waals surface area contributed by atoms with Gasteiger partial charge < -0.3 is 5.32 Å². The van der Waals surface area contributed by atoms with Gasteiger partial charge >= 0.3 is 0 Å². The number of rotatable bonds is 3. The monoisotopic (exact) mass is 261 g/mol. The molecular formula is C17H15N3. The number of anilines is 2. The van der Waals surface area contributed by atoms with E-state index in [-0.39, 0.29) is 0 Å². The lowest BCUT2D eigenvalue weighted by Crippen LogP contribution is -1.97. The van der Waals surface area contributed by atoms with Crippen molar-refractivity contribution in [2.75, 3.05) is 5.32 Å². The van der Waals surface area contributed by atoms with E-state index < -0.39 is 0 Å². The van der Waals surface area contributed by atoms with E-state index in [0.29, 0.717) is 5.95 Å². The molecule has 0 saturated carbocycles. The van der Waals surface area contributed by atoms with Crippen molar-refractivity contribution in [2.24, 2.45) is 0 Å². The van der Waals surface area contributed by atoms with E-state index in [9.17, 15) is 0 Å². The molecule has 0 aliphatic rings. The molecule has 3 aromatic rings. The smallest absolute Gasteiger partial charge is 0.227 e. The van der Waals surface area contributed by atoms with E-state index in [1.807, 2.05) is 43.3 Å². The highest BCUT2D eigenvalue weighted by Gasteiger charge is 2.01. The second-order valence-corrected chi connectivity index (χ2v) is 4.59. The molecular weight excluding hydrogens is 246 g/mol. The van der Waals surface area contributed by atoms with Crippen LogP contribution in [0.3, 0.4) is 0 Å². The second-order valence-electron chi connectivity index (χ2n) is 4.59. The van der Waals surface area contributed by atoms with Crippen LogP contribution in [0.4, 0.5) is 11.6 Å². The lowest BCUT2D eigenvalue weighted by molar-refractivity contribution is 1.11. The molecule has 0 fully saturated rings. The molecule has 3 nitrogen and oxygen atoms in total. The summed E-state index contributed by atoms with van der Waals surface area (Å²) in [4.78, 5) is 8.56. The third-order valence-corrected chi connectivity index (χ3v) is 3.02. The molecule has 0 aliphatic heterocycles. The topological polar surface area (TPSA) is 37.8 Å². The van der Waals surface area contributed by atoms with Crippen LogP contribution >= 0.6 is 0 Å². The highest BCUT2D eigenvalue weighted by atomic mass is 15.1. The molecule has 98 valence electrons. The summed E-state index contributed by atoms with van der Waals surface area (Å²) in [6, 6.07) is 20.4. The number of aryl methyl sites for hydroxylation is 1. The third kappa shape index (κ3) is 2.83. The van der Waals surface area contributed by atoms with Gasteiger partial charge in [0, 0.05) is 17.6 Å². The molecule has 0 aliphatic carbocycles. The van der Waals surface area contributed by atoms with Crippen LogP contribution < -0.4 is 5.32 Å². The molecule has 0 unspecified atom stereocenters. The fourth-order valence-corrected chi connectivity index (χ4v) is 2.05. The van der Waals surface area contributed by atoms with Gasteiger partial charge in [0.1, 0.15) is 0 Å². The minimum absolute atomic E-state index is 0.621. The number of nitrogens with zero attached hydrogens (tertiary/aromatic N) is 2. The van der Waals surface area contributed by atoms with Gasteiger partial charge in [0.25, 0.3) is 0 Å². The van der Waals surface area contributed by atoms with Crippen molar-refractivity contribution in [3.8, 4) is 11.1 Å². The maximum atomic E-state index is 4.35. The minimum Gasteiger partial charge on any atom is -0.324 e. The second kappa shape index (κ2) is 5.53. The lowest BCUT2D eigenvalue weighted by Gasteiger charge is -2.07. The molecule has 0 radical (unpaired) electrons. The van der Waals surface area contributed by atoms with Gasteiger partial charge in [0.2, 0.25) is 5.95 Å². The van der Waals surface area contributed by atoms with E-state index in [0.717, 1.165) is 11.4 Å². The molecule has 1 N–H and O–H groups in total. The van der Waals surface area contributed by atoms with Gasteiger partial charge in [-0.25, -0.2) is 9.97 Å². The van der Waals surface area contributed by atoms with Crippen LogP contribution in [0.15, 0.2) is 66.9 Å². The standard InChI is InChI=1S/C17H15N3/c1-13-10-11-18-17(19-13)20-16-9-5-8-15(12-16)14-6-3-2-4-7-14/h2-12H,1H3,(H,18,19,20). The number of benzene rings is 2. The van der Waals surface area contributed by atoms with Crippen molar-refractivity contribution in [1.82, 2.24) is 9.97 Å². The Morgan fingerprint density at radius 3 is 2.45 bits per heavy atom. The average molecular weight is 261 g/mol. The Hall–Kier alpha value is -2.68. The van der Waals surface area contributed by atoms with Gasteiger partial charge in [0.05, 0.1) is 0 Å². The first-order valence-corrected chi connectivity index (χ1v) is 6.53. The molecule has 1 aromatic heterocycles. The molecule has 2 aromatic carbocycles. The van der Waals surface area contributed by atoms with Crippen molar-refractivity contribution in [3.63, 3.8) is 0 Å². The fourth-order valence-electron chi connectivity index (χ4n) is 2.05. The predicted octanol–water partition coefficient (Wildman–Crippen LogP) is 4.20. The zero-order valence-electron chi connectivity index (χ0n) is 11.2. The maximum Gasteiger partial charge on any atom is 0.227 e. The Balaban J connectivity index is 1.88. The largest absolute Gasteiger partial charge is 0.324 e. The quantitative estimate of drug-likeness (QED) is 0.768. The Labute approximate surface area is 118 Å². The highest BCUT2D eigenvalue weighted by molar-refractivity contribution is 5.69. The Morgan fingerprint density at radius 2 is 1.65 bits per heavy atom. The first kappa shape index (κ1) is 12.4. The van der Waals surface area contributed by atoms with Gasteiger partial charge in [0.15, 0.2) is 0 Å². The summed E-state index contributed by atoms with van der Waals surface area (Å²) in [5.74, 6) is 0.621. The van der Waals surface area contributed by atoms with Gasteiger partial charge in [-0.3, -0.25) is 0 Å². The SMILES string of the molecule is Cc1ccnc(Nc2cccc(-c3ccccc3)c2)n1. The third-order valence-electron chi connectivity index (χ3n) is 3.02. The molecule has 3 rings (SSSR count). The summed E-state index contributed by atoms with van der Waals surface area (Å²) < 4.78 is 0. The van der Waals surface area contributed by atoms with Crippen LogP contribution in [0.5, 0.6) is 0 Å². The zero-order chi connectivity index (χ0) is 13.8. The van der Waals surface area contributed by atoms with Crippen LogP contribution in [0.2, 0.25) is 0 Å². The molecule has 0 bridgehead atoms. The van der Waals surface area contributed by atoms with E-state index in [1.54, 1.807) is 6.20 Å². The molecule has 20 heavy (non-hydrogen) atoms. The predicted molar refractivity (Wildman–Crippen MR) is 81.9 cm³/mol. The van der Waals surface area contributed by atoms with Crippen molar-refractivity contribution in [2.45, 2.75) is 6.92 Å². The highest BCUT2D eigenvalue weighted by Crippen LogP contribution is 2.23. The van der Waals surface area contributed by atoms with Gasteiger partial charge in [-0.2, -0.15) is 0 Å². The first-order chi connectivity index (χ1) is 9.81. The normalized spacial score (nSPS) is 10.2. The number of nitrogens with one attached hydrogen (secondary N) is 1. The summed E-state index contributed by atoms with van der Waals surface area (Å²) >= 11 is 0. The first-order valence-electron chi connectivity index (χ1n) is 6.53. The van der Waals surface area contributed by atoms with Crippen LogP contribution in [-0.4, -0.2) is 9.97 Å². The average Bonchev–Trinajstić information content (AvgIpc) is 2.48. The van der Waals surface area contributed by atoms with E-state index >= 15 is 0 Å². The van der Waals surface area contributed by atoms with Crippen LogP contribution in [0.25, 0.3) is 11.1 Å². The lowest BCUT2D eigenvalue weighted by atomic mass is 10.1. The van der Waals surface area contributed by atoms with Crippen molar-refractivity contribution < 1.29 is 0 Å². The minimum atomic E-state index is 0.621. The van der Waals surface area contributed by atoms with Crippen LogP contribution in [-0.2, 0) is 0 Å². The Morgan fingerprint density at radius 1 is 0.850 bits per heavy atom. The molecule has 0 saturated heterocycles. The summed E-state index contributed by atoms with van der Waals surface area (Å²) in [7, 11) is 0. The number of hydrogen-bond acceptors (Lipinski definition) is 3. The van der Waals surface area contributed by atoms with Crippen LogP contribution in [0, 0.1) is 6.92 Å². The summed E-state index contributed by atoms with van der Waals surface area (Å²) in [5.41, 5.74) is 4.29. The molecule has 0 amide bonds. The van der Waals surface area contributed by atoms with Gasteiger partial charge in [-0.15, -0.1) is 0 Å². The summed E-state index contributed by atoms with van der Waals surface area (Å²) in [6.45, 7) is 1.95. The molecule has 1 heterocycles. The van der Waals surface area contributed by atoms with Crippen molar-refractivity contribution in [3.05, 3.63) is 72.6 Å². The van der Waals surface area contributed by atoms with Crippen LogP contribution in [0.1, 0.15) is 5.69 Å². The zero-order valence-corrected chi connectivity index (χ0v) is 11.2. The number of hydrogen-bond donors (Lipinski definition) is 1. The maximum absolute atomic E-state index is 4.35. The van der Waals surface area contributed by atoms with Crippen molar-refractivity contribution >= 4 is 11.6 Å². The summed E-state index contributed by atoms with van der Waals surface area (Å²) in [6.07, 6.45) is 1.76. The van der Waals surface area contributed by atoms with E-state index in [1.165, 1.54) is 11.1 Å². The summed E-state index contributed by atoms with van der Waals surface area (Å²) in [5, 5.41) is 3.23. The van der Waals surface area contributed by atoms with E-state index in [2.05, 4.69) is 39.6 Å². The fraction of sp³-hybridized carbons (Fsp3) is 0.0588. The Bertz CT molecular complexity index is 708. The Kier molecular flexibility index (Phi) is 3.42. The number of aromatic nitrogens is 2. The van der Waals surface area contributed by atoms with Crippen molar-refractivity contribution in [1.29, 1.82) is 0 Å². The van der Waals surface area contributed by atoms with Gasteiger partial charge in [-0.1, -0.05) is 42.5 Å². The van der Waals surface area contributed by atoms with E-state index in [4.69, 9.17) is 0 Å². The molecule has 0 spiro atoms. The van der Waals surface area contributed by atoms with Gasteiger partial charge in [-0.05, 0) is 36.2 Å².